The van der Waals surface area contributed by atoms with Crippen LogP contribution in [0.15, 0.2) is 32.8 Å². The summed E-state index contributed by atoms with van der Waals surface area (Å²) in [6.07, 6.45) is -4.06. The Labute approximate surface area is 145 Å². The molecule has 1 aromatic heterocycles. The van der Waals surface area contributed by atoms with E-state index in [9.17, 15) is 36.7 Å². The summed E-state index contributed by atoms with van der Waals surface area (Å²) >= 11 is 5.65. The fourth-order valence-electron chi connectivity index (χ4n) is 2.09. The van der Waals surface area contributed by atoms with Crippen LogP contribution in [0, 0.1) is 5.82 Å². The lowest BCUT2D eigenvalue weighted by atomic mass is 10.1. The number of carbonyl (C=O) groups excluding carboxylic acids is 2. The number of carbonyl (C=O) groups is 1. The molecule has 1 amide bonds. The van der Waals surface area contributed by atoms with Crippen LogP contribution < -0.4 is 11.2 Å². The van der Waals surface area contributed by atoms with E-state index in [1.807, 2.05) is 0 Å². The summed E-state index contributed by atoms with van der Waals surface area (Å²) in [5.41, 5.74) is -5.93. The molecule has 136 valence electrons. The number of hydrogen-bond acceptors (Lipinski definition) is 4. The number of nitrogens with zero attached hydrogens (tertiary/aromatic N) is 3. The number of rotatable bonds is 2. The van der Waals surface area contributed by atoms with Crippen molar-refractivity contribution in [3.8, 4) is 5.69 Å². The van der Waals surface area contributed by atoms with Crippen LogP contribution >= 0.6 is 11.6 Å². The van der Waals surface area contributed by atoms with Crippen molar-refractivity contribution >= 4 is 23.6 Å². The monoisotopic (exact) mass is 391 g/mol. The van der Waals surface area contributed by atoms with Crippen molar-refractivity contribution in [1.29, 1.82) is 0 Å². The number of halogens is 5. The first-order chi connectivity index (χ1) is 12.0. The van der Waals surface area contributed by atoms with Crippen LogP contribution in [0.4, 0.5) is 17.6 Å². The molecule has 0 aliphatic carbocycles. The van der Waals surface area contributed by atoms with Gasteiger partial charge in [0.2, 0.25) is 6.08 Å². The summed E-state index contributed by atoms with van der Waals surface area (Å²) in [4.78, 5) is 48.7. The van der Waals surface area contributed by atoms with Gasteiger partial charge in [0.1, 0.15) is 11.5 Å². The minimum absolute atomic E-state index is 0.0856. The normalized spacial score (nSPS) is 11.2. The first-order valence-electron chi connectivity index (χ1n) is 6.51. The van der Waals surface area contributed by atoms with E-state index in [-0.39, 0.29) is 15.2 Å². The molecule has 0 unspecified atom stereocenters. The van der Waals surface area contributed by atoms with Gasteiger partial charge in [0, 0.05) is 13.1 Å². The van der Waals surface area contributed by atoms with Crippen LogP contribution in [0.25, 0.3) is 5.69 Å². The van der Waals surface area contributed by atoms with E-state index in [1.54, 1.807) is 0 Å². The highest BCUT2D eigenvalue weighted by molar-refractivity contribution is 6.34. The van der Waals surface area contributed by atoms with E-state index < -0.39 is 51.1 Å². The number of isocyanates is 1. The van der Waals surface area contributed by atoms with Gasteiger partial charge in [-0.3, -0.25) is 14.2 Å². The van der Waals surface area contributed by atoms with Gasteiger partial charge in [-0.15, -0.1) is 4.99 Å². The predicted molar refractivity (Wildman–Crippen MR) is 79.7 cm³/mol. The summed E-state index contributed by atoms with van der Waals surface area (Å²) < 4.78 is 52.9. The average molecular weight is 392 g/mol. The van der Waals surface area contributed by atoms with E-state index in [0.29, 0.717) is 12.1 Å². The van der Waals surface area contributed by atoms with Gasteiger partial charge in [-0.05, 0) is 12.1 Å². The molecule has 2 rings (SSSR count). The van der Waals surface area contributed by atoms with Crippen LogP contribution in [-0.2, 0) is 18.0 Å². The molecule has 1 aromatic carbocycles. The molecule has 0 saturated heterocycles. The van der Waals surface area contributed by atoms with Crippen molar-refractivity contribution in [2.75, 3.05) is 0 Å². The molecule has 0 atom stereocenters. The van der Waals surface area contributed by atoms with Gasteiger partial charge >= 0.3 is 11.9 Å². The molecular weight excluding hydrogens is 386 g/mol. The number of alkyl halides is 3. The summed E-state index contributed by atoms with van der Waals surface area (Å²) in [5, 5.41) is -0.493. The third kappa shape index (κ3) is 3.35. The molecule has 7 nitrogen and oxygen atoms in total. The molecule has 2 aromatic rings. The molecule has 0 saturated carbocycles. The zero-order chi connectivity index (χ0) is 19.8. The highest BCUT2D eigenvalue weighted by atomic mass is 35.5. The molecule has 26 heavy (non-hydrogen) atoms. The Morgan fingerprint density at radius 2 is 1.85 bits per heavy atom. The van der Waals surface area contributed by atoms with Gasteiger partial charge in [-0.2, -0.15) is 13.2 Å². The predicted octanol–water partition coefficient (Wildman–Crippen LogP) is 1.82. The summed E-state index contributed by atoms with van der Waals surface area (Å²) in [6, 6.07) is 1.27. The minimum Gasteiger partial charge on any atom is -0.292 e. The van der Waals surface area contributed by atoms with E-state index >= 15 is 0 Å². The number of benzene rings is 1. The van der Waals surface area contributed by atoms with Crippen LogP contribution in [0.3, 0.4) is 0 Å². The van der Waals surface area contributed by atoms with Crippen molar-refractivity contribution < 1.29 is 27.2 Å². The summed E-state index contributed by atoms with van der Waals surface area (Å²) in [5.74, 6) is -2.51. The van der Waals surface area contributed by atoms with Crippen molar-refractivity contribution in [1.82, 2.24) is 9.13 Å². The molecular formula is C14H6ClF4N3O4. The van der Waals surface area contributed by atoms with Crippen LogP contribution in [0.1, 0.15) is 16.1 Å². The lowest BCUT2D eigenvalue weighted by Gasteiger charge is -2.14. The molecule has 1 heterocycles. The maximum Gasteiger partial charge on any atom is 0.431 e. The number of amides is 1. The molecule has 12 heteroatoms. The zero-order valence-electron chi connectivity index (χ0n) is 12.6. The van der Waals surface area contributed by atoms with Crippen LogP contribution in [0.5, 0.6) is 0 Å². The smallest absolute Gasteiger partial charge is 0.292 e. The lowest BCUT2D eigenvalue weighted by Crippen LogP contribution is -2.41. The average Bonchev–Trinajstić information content (AvgIpc) is 2.52. The Morgan fingerprint density at radius 3 is 2.38 bits per heavy atom. The second kappa shape index (κ2) is 6.70. The standard InChI is InChI=1S/C14H6ClF4N3O4/c1-21-10(14(17,18)19)4-11(24)22(13(21)26)9-2-6(12(25)20-5-23)7(15)3-8(9)16/h2-4H,1H3. The van der Waals surface area contributed by atoms with E-state index in [2.05, 4.69) is 4.99 Å². The first-order valence-corrected chi connectivity index (χ1v) is 6.88. The SMILES string of the molecule is Cn1c(C(F)(F)F)cc(=O)n(-c2cc(C(=O)N=C=O)c(Cl)cc2F)c1=O. The highest BCUT2D eigenvalue weighted by Gasteiger charge is 2.35. The summed E-state index contributed by atoms with van der Waals surface area (Å²) in [7, 11) is 0.734. The fourth-order valence-corrected chi connectivity index (χ4v) is 2.33. The van der Waals surface area contributed by atoms with E-state index in [1.165, 1.54) is 0 Å². The Balaban J connectivity index is 2.86. The second-order valence-corrected chi connectivity index (χ2v) is 5.24. The van der Waals surface area contributed by atoms with Gasteiger partial charge in [0.05, 0.1) is 16.3 Å². The molecule has 0 aliphatic heterocycles. The Morgan fingerprint density at radius 1 is 1.23 bits per heavy atom. The van der Waals surface area contributed by atoms with Crippen molar-refractivity contribution in [2.24, 2.45) is 12.0 Å². The van der Waals surface area contributed by atoms with E-state index in [0.717, 1.165) is 13.1 Å². The maximum atomic E-state index is 14.2. The molecule has 0 N–H and O–H groups in total. The quantitative estimate of drug-likeness (QED) is 0.443. The largest absolute Gasteiger partial charge is 0.431 e. The third-order valence-electron chi connectivity index (χ3n) is 3.27. The molecule has 0 spiro atoms. The van der Waals surface area contributed by atoms with Gasteiger partial charge in [0.15, 0.2) is 0 Å². The molecule has 0 bridgehead atoms. The van der Waals surface area contributed by atoms with E-state index in [4.69, 9.17) is 11.6 Å². The van der Waals surface area contributed by atoms with Crippen molar-refractivity contribution in [2.45, 2.75) is 6.18 Å². The molecule has 0 fully saturated rings. The topological polar surface area (TPSA) is 90.5 Å². The number of hydrogen-bond donors (Lipinski definition) is 0. The van der Waals surface area contributed by atoms with Crippen molar-refractivity contribution in [3.05, 3.63) is 61.1 Å². The number of aliphatic imine (C=N–C) groups is 1. The summed E-state index contributed by atoms with van der Waals surface area (Å²) in [6.45, 7) is 0. The fraction of sp³-hybridized carbons (Fsp3) is 0.143. The molecule has 0 radical (unpaired) electrons. The molecule has 0 aliphatic rings. The van der Waals surface area contributed by atoms with Crippen LogP contribution in [-0.4, -0.2) is 21.1 Å². The van der Waals surface area contributed by atoms with Gasteiger partial charge in [0.25, 0.3) is 11.5 Å². The Bertz CT molecular complexity index is 1080. The minimum atomic E-state index is -5.00. The van der Waals surface area contributed by atoms with Crippen molar-refractivity contribution in [3.63, 3.8) is 0 Å². The zero-order valence-corrected chi connectivity index (χ0v) is 13.4. The maximum absolute atomic E-state index is 14.2. The Hall–Kier alpha value is -3.04. The second-order valence-electron chi connectivity index (χ2n) is 4.83. The number of aromatic nitrogens is 2. The lowest BCUT2D eigenvalue weighted by molar-refractivity contribution is -0.144. The van der Waals surface area contributed by atoms with Gasteiger partial charge in [-0.25, -0.2) is 18.5 Å². The van der Waals surface area contributed by atoms with Gasteiger partial charge in [-0.1, -0.05) is 11.6 Å². The van der Waals surface area contributed by atoms with Gasteiger partial charge < -0.3 is 0 Å². The Kier molecular flexibility index (Phi) is 4.97. The third-order valence-corrected chi connectivity index (χ3v) is 3.58. The van der Waals surface area contributed by atoms with Crippen LogP contribution in [0.2, 0.25) is 5.02 Å². The first kappa shape index (κ1) is 19.3. The highest BCUT2D eigenvalue weighted by Crippen LogP contribution is 2.27.